The average molecular weight is 492 g/mol. The first kappa shape index (κ1) is 24.2. The van der Waals surface area contributed by atoms with Crippen LogP contribution in [0.2, 0.25) is 0 Å². The summed E-state index contributed by atoms with van der Waals surface area (Å²) in [6, 6.07) is 19.8. The third-order valence-electron chi connectivity index (χ3n) is 5.11. The number of nitrogens with zero attached hydrogens (tertiary/aromatic N) is 2. The number of hydrogen-bond donors (Lipinski definition) is 1. The maximum Gasteiger partial charge on any atom is 0.264 e. The first-order valence-electron chi connectivity index (χ1n) is 10.8. The number of carbonyl (C=O) groups excluding carboxylic acids is 1. The Morgan fingerprint density at radius 3 is 2.49 bits per heavy atom. The van der Waals surface area contributed by atoms with E-state index in [9.17, 15) is 13.2 Å². The summed E-state index contributed by atoms with van der Waals surface area (Å²) in [6.45, 7) is 3.61. The Labute approximate surface area is 204 Å². The summed E-state index contributed by atoms with van der Waals surface area (Å²) in [6.07, 6.45) is 4.46. The highest BCUT2D eigenvalue weighted by molar-refractivity contribution is 7.85. The molecule has 180 valence electrons. The van der Waals surface area contributed by atoms with Gasteiger partial charge in [0.25, 0.3) is 16.0 Å². The molecule has 1 aromatic heterocycles. The van der Waals surface area contributed by atoms with Gasteiger partial charge >= 0.3 is 0 Å². The van der Waals surface area contributed by atoms with E-state index in [1.54, 1.807) is 41.2 Å². The van der Waals surface area contributed by atoms with Gasteiger partial charge in [0.2, 0.25) is 0 Å². The Balaban J connectivity index is 1.61. The Bertz CT molecular complexity index is 1460. The molecule has 0 bridgehead atoms. The zero-order valence-electron chi connectivity index (χ0n) is 19.6. The topological polar surface area (TPSA) is 99.5 Å². The number of aromatic nitrogens is 2. The minimum Gasteiger partial charge on any atom is -0.457 e. The molecule has 1 N–H and O–H groups in total. The van der Waals surface area contributed by atoms with Crippen molar-refractivity contribution in [2.45, 2.75) is 20.5 Å². The third-order valence-corrected chi connectivity index (χ3v) is 5.65. The number of nitrogens with one attached hydrogen (secondary N) is 1. The van der Waals surface area contributed by atoms with Crippen molar-refractivity contribution in [3.63, 3.8) is 0 Å². The summed E-state index contributed by atoms with van der Waals surface area (Å²) in [7, 11) is -3.63. The normalized spacial score (nSPS) is 11.3. The molecule has 0 aliphatic carbocycles. The molecule has 0 spiro atoms. The third kappa shape index (κ3) is 6.56. The highest BCUT2D eigenvalue weighted by atomic mass is 32.2. The molecule has 1 amide bonds. The van der Waals surface area contributed by atoms with E-state index in [2.05, 4.69) is 10.3 Å². The van der Waals surface area contributed by atoms with Crippen LogP contribution in [0.4, 0.5) is 5.69 Å². The van der Waals surface area contributed by atoms with Crippen molar-refractivity contribution >= 4 is 21.7 Å². The Hall–Kier alpha value is -3.95. The fraction of sp³-hybridized carbons (Fsp3) is 0.154. The van der Waals surface area contributed by atoms with Crippen molar-refractivity contribution in [1.29, 1.82) is 0 Å². The van der Waals surface area contributed by atoms with Gasteiger partial charge in [-0.25, -0.2) is 4.98 Å². The molecule has 0 radical (unpaired) electrons. The minimum atomic E-state index is -3.63. The fourth-order valence-electron chi connectivity index (χ4n) is 3.39. The van der Waals surface area contributed by atoms with Gasteiger partial charge in [-0.1, -0.05) is 24.3 Å². The second-order valence-corrected chi connectivity index (χ2v) is 9.77. The number of ether oxygens (including phenoxy) is 1. The lowest BCUT2D eigenvalue weighted by atomic mass is 10.1. The lowest BCUT2D eigenvalue weighted by Gasteiger charge is -2.13. The molecule has 0 fully saturated rings. The molecule has 8 nitrogen and oxygen atoms in total. The summed E-state index contributed by atoms with van der Waals surface area (Å²) >= 11 is 0. The van der Waals surface area contributed by atoms with Gasteiger partial charge in [-0.05, 0) is 67.4 Å². The molecular weight excluding hydrogens is 466 g/mol. The van der Waals surface area contributed by atoms with E-state index >= 15 is 0 Å². The summed E-state index contributed by atoms with van der Waals surface area (Å²) in [5.41, 5.74) is 3.89. The van der Waals surface area contributed by atoms with Crippen LogP contribution in [0.5, 0.6) is 11.5 Å². The van der Waals surface area contributed by atoms with E-state index in [4.69, 9.17) is 8.92 Å². The van der Waals surface area contributed by atoms with E-state index < -0.39 is 10.1 Å². The van der Waals surface area contributed by atoms with Crippen molar-refractivity contribution < 1.29 is 22.1 Å². The quantitative estimate of drug-likeness (QED) is 0.348. The van der Waals surface area contributed by atoms with E-state index in [1.807, 2.05) is 56.4 Å². The SMILES string of the molecule is Cc1cn(-c2cc(COS(C)(=O)=O)cc(NC(=O)c3ccc(C)c(Oc4ccccc4)c3)c2)cn1. The largest absolute Gasteiger partial charge is 0.457 e. The Kier molecular flexibility index (Phi) is 6.99. The minimum absolute atomic E-state index is 0.164. The van der Waals surface area contributed by atoms with Gasteiger partial charge in [0.15, 0.2) is 0 Å². The van der Waals surface area contributed by atoms with Crippen LogP contribution in [0, 0.1) is 13.8 Å². The first-order chi connectivity index (χ1) is 16.7. The van der Waals surface area contributed by atoms with Crippen LogP contribution in [0.1, 0.15) is 27.2 Å². The molecule has 0 aliphatic rings. The summed E-state index contributed by atoms with van der Waals surface area (Å²) in [4.78, 5) is 17.3. The lowest BCUT2D eigenvalue weighted by Crippen LogP contribution is -2.13. The summed E-state index contributed by atoms with van der Waals surface area (Å²) in [5, 5.41) is 2.89. The van der Waals surface area contributed by atoms with Crippen LogP contribution in [-0.4, -0.2) is 30.1 Å². The zero-order valence-corrected chi connectivity index (χ0v) is 20.4. The van der Waals surface area contributed by atoms with Crippen molar-refractivity contribution in [3.8, 4) is 17.2 Å². The van der Waals surface area contributed by atoms with Crippen LogP contribution in [0.15, 0.2) is 79.3 Å². The van der Waals surface area contributed by atoms with Gasteiger partial charge in [0.05, 0.1) is 24.9 Å². The maximum absolute atomic E-state index is 13.1. The highest BCUT2D eigenvalue weighted by Gasteiger charge is 2.13. The molecule has 0 aliphatic heterocycles. The molecular formula is C26H25N3O5S. The zero-order chi connectivity index (χ0) is 25.0. The Morgan fingerprint density at radius 1 is 1.03 bits per heavy atom. The monoisotopic (exact) mass is 491 g/mol. The van der Waals surface area contributed by atoms with Gasteiger partial charge in [-0.2, -0.15) is 8.42 Å². The number of aryl methyl sites for hydroxylation is 2. The molecule has 0 saturated heterocycles. The second-order valence-electron chi connectivity index (χ2n) is 8.13. The summed E-state index contributed by atoms with van der Waals surface area (Å²) in [5.74, 6) is 0.914. The van der Waals surface area contributed by atoms with Crippen LogP contribution >= 0.6 is 0 Å². The smallest absolute Gasteiger partial charge is 0.264 e. The Morgan fingerprint density at radius 2 is 1.80 bits per heavy atom. The average Bonchev–Trinajstić information content (AvgIpc) is 3.25. The number of benzene rings is 3. The van der Waals surface area contributed by atoms with E-state index in [0.29, 0.717) is 34.0 Å². The number of para-hydroxylation sites is 1. The molecule has 3 aromatic carbocycles. The molecule has 0 unspecified atom stereocenters. The first-order valence-corrected chi connectivity index (χ1v) is 12.6. The number of anilines is 1. The van der Waals surface area contributed by atoms with Gasteiger partial charge in [-0.15, -0.1) is 0 Å². The molecule has 0 atom stereocenters. The van der Waals surface area contributed by atoms with Crippen LogP contribution in [0.25, 0.3) is 5.69 Å². The second kappa shape index (κ2) is 10.1. The molecule has 9 heteroatoms. The van der Waals surface area contributed by atoms with Gasteiger partial charge in [-0.3, -0.25) is 8.98 Å². The standard InChI is InChI=1S/C26H25N3O5S/c1-18-9-10-21(13-25(18)34-24-7-5-4-6-8-24)26(30)28-22-11-20(16-33-35(3,31)32)12-23(14-22)29-15-19(2)27-17-29/h4-15,17H,16H2,1-3H3,(H,28,30). The fourth-order valence-corrected chi connectivity index (χ4v) is 3.74. The maximum atomic E-state index is 13.1. The van der Waals surface area contributed by atoms with Crippen LogP contribution in [0.3, 0.4) is 0 Å². The lowest BCUT2D eigenvalue weighted by molar-refractivity contribution is 0.102. The number of amides is 1. The van der Waals surface area contributed by atoms with Crippen molar-refractivity contribution in [2.24, 2.45) is 0 Å². The molecule has 4 rings (SSSR count). The number of imidazole rings is 1. The molecule has 4 aromatic rings. The number of carbonyl (C=O) groups is 1. The van der Waals surface area contributed by atoms with Crippen molar-refractivity contribution in [1.82, 2.24) is 9.55 Å². The van der Waals surface area contributed by atoms with Gasteiger partial charge < -0.3 is 14.6 Å². The van der Waals surface area contributed by atoms with Crippen molar-refractivity contribution in [3.05, 3.63) is 102 Å². The molecule has 1 heterocycles. The van der Waals surface area contributed by atoms with Crippen LogP contribution in [-0.2, 0) is 20.9 Å². The van der Waals surface area contributed by atoms with Crippen molar-refractivity contribution in [2.75, 3.05) is 11.6 Å². The van der Waals surface area contributed by atoms with E-state index in [1.165, 1.54) is 0 Å². The van der Waals surface area contributed by atoms with Crippen LogP contribution < -0.4 is 10.1 Å². The number of hydrogen-bond acceptors (Lipinski definition) is 6. The highest BCUT2D eigenvalue weighted by Crippen LogP contribution is 2.27. The van der Waals surface area contributed by atoms with Gasteiger partial charge in [0, 0.05) is 23.1 Å². The van der Waals surface area contributed by atoms with E-state index in [0.717, 1.165) is 17.5 Å². The molecule has 0 saturated carbocycles. The predicted molar refractivity (Wildman–Crippen MR) is 134 cm³/mol. The van der Waals surface area contributed by atoms with E-state index in [-0.39, 0.29) is 12.5 Å². The number of rotatable bonds is 8. The predicted octanol–water partition coefficient (Wildman–Crippen LogP) is 5.01. The summed E-state index contributed by atoms with van der Waals surface area (Å²) < 4.78 is 35.7. The molecule has 35 heavy (non-hydrogen) atoms. The van der Waals surface area contributed by atoms with Gasteiger partial charge in [0.1, 0.15) is 11.5 Å².